The highest BCUT2D eigenvalue weighted by atomic mass is 79.9. The van der Waals surface area contributed by atoms with E-state index in [2.05, 4.69) is 26.4 Å². The SMILES string of the molecule is NC(=NO)C1CCCC1NC(=O)c1cc(Br)ccc1F. The van der Waals surface area contributed by atoms with E-state index in [9.17, 15) is 9.18 Å². The van der Waals surface area contributed by atoms with Gasteiger partial charge in [-0.1, -0.05) is 27.5 Å². The molecular formula is C13H15BrFN3O2. The van der Waals surface area contributed by atoms with E-state index in [1.54, 1.807) is 0 Å². The van der Waals surface area contributed by atoms with Crippen LogP contribution in [0.3, 0.4) is 0 Å². The van der Waals surface area contributed by atoms with Gasteiger partial charge in [-0.25, -0.2) is 4.39 Å². The quantitative estimate of drug-likeness (QED) is 0.340. The van der Waals surface area contributed by atoms with E-state index >= 15 is 0 Å². The van der Waals surface area contributed by atoms with Crippen LogP contribution in [0.4, 0.5) is 4.39 Å². The Balaban J connectivity index is 2.13. The summed E-state index contributed by atoms with van der Waals surface area (Å²) in [5, 5.41) is 14.5. The third-order valence-corrected chi connectivity index (χ3v) is 3.99. The fourth-order valence-corrected chi connectivity index (χ4v) is 2.84. The van der Waals surface area contributed by atoms with Crippen LogP contribution in [0.15, 0.2) is 27.8 Å². The minimum Gasteiger partial charge on any atom is -0.409 e. The minimum absolute atomic E-state index is 0.0236. The van der Waals surface area contributed by atoms with E-state index in [0.717, 1.165) is 19.3 Å². The Bertz CT molecular complexity index is 550. The molecule has 2 atom stereocenters. The average Bonchev–Trinajstić information content (AvgIpc) is 2.88. The second-order valence-corrected chi connectivity index (χ2v) is 5.68. The number of halogens is 2. The van der Waals surface area contributed by atoms with Gasteiger partial charge in [0, 0.05) is 16.4 Å². The number of carbonyl (C=O) groups is 1. The van der Waals surface area contributed by atoms with Crippen molar-refractivity contribution < 1.29 is 14.4 Å². The van der Waals surface area contributed by atoms with Crippen molar-refractivity contribution in [3.8, 4) is 0 Å². The van der Waals surface area contributed by atoms with Crippen molar-refractivity contribution in [3.05, 3.63) is 34.1 Å². The lowest BCUT2D eigenvalue weighted by Gasteiger charge is -2.20. The van der Waals surface area contributed by atoms with E-state index < -0.39 is 11.7 Å². The van der Waals surface area contributed by atoms with Crippen LogP contribution in [0.5, 0.6) is 0 Å². The van der Waals surface area contributed by atoms with Gasteiger partial charge in [0.05, 0.1) is 5.56 Å². The van der Waals surface area contributed by atoms with Crippen molar-refractivity contribution in [1.29, 1.82) is 0 Å². The first-order valence-corrected chi connectivity index (χ1v) is 7.05. The zero-order valence-corrected chi connectivity index (χ0v) is 12.2. The van der Waals surface area contributed by atoms with Gasteiger partial charge in [0.15, 0.2) is 0 Å². The fraction of sp³-hybridized carbons (Fsp3) is 0.385. The molecule has 4 N–H and O–H groups in total. The first-order chi connectivity index (χ1) is 9.52. The Morgan fingerprint density at radius 1 is 1.50 bits per heavy atom. The van der Waals surface area contributed by atoms with Crippen molar-refractivity contribution in [2.24, 2.45) is 16.8 Å². The van der Waals surface area contributed by atoms with Crippen LogP contribution < -0.4 is 11.1 Å². The van der Waals surface area contributed by atoms with Gasteiger partial charge in [0.25, 0.3) is 5.91 Å². The van der Waals surface area contributed by atoms with E-state index in [1.807, 2.05) is 0 Å². The number of oxime groups is 1. The molecule has 0 heterocycles. The van der Waals surface area contributed by atoms with Gasteiger partial charge in [-0.3, -0.25) is 4.79 Å². The van der Waals surface area contributed by atoms with Crippen LogP contribution in [0.2, 0.25) is 0 Å². The number of benzene rings is 1. The molecule has 1 aromatic rings. The summed E-state index contributed by atoms with van der Waals surface area (Å²) in [7, 11) is 0. The first-order valence-electron chi connectivity index (χ1n) is 6.26. The van der Waals surface area contributed by atoms with Crippen molar-refractivity contribution in [3.63, 3.8) is 0 Å². The first kappa shape index (κ1) is 14.8. The van der Waals surface area contributed by atoms with Gasteiger partial charge < -0.3 is 16.3 Å². The Morgan fingerprint density at radius 3 is 2.95 bits per heavy atom. The number of nitrogens with zero attached hydrogens (tertiary/aromatic N) is 1. The van der Waals surface area contributed by atoms with E-state index in [1.165, 1.54) is 18.2 Å². The molecule has 1 aliphatic carbocycles. The normalized spacial score (nSPS) is 22.8. The number of hydrogen-bond donors (Lipinski definition) is 3. The van der Waals surface area contributed by atoms with Crippen LogP contribution in [0.25, 0.3) is 0 Å². The predicted molar refractivity (Wildman–Crippen MR) is 76.1 cm³/mol. The molecule has 0 aromatic heterocycles. The summed E-state index contributed by atoms with van der Waals surface area (Å²) in [6, 6.07) is 3.95. The Hall–Kier alpha value is -1.63. The molecule has 1 aliphatic rings. The van der Waals surface area contributed by atoms with Gasteiger partial charge in [0.1, 0.15) is 11.7 Å². The highest BCUT2D eigenvalue weighted by Crippen LogP contribution is 2.26. The second-order valence-electron chi connectivity index (χ2n) is 4.77. The van der Waals surface area contributed by atoms with Gasteiger partial charge in [-0.15, -0.1) is 0 Å². The third kappa shape index (κ3) is 3.09. The standard InChI is InChI=1S/C13H15BrFN3O2/c14-7-4-5-10(15)9(6-7)13(19)17-11-3-1-2-8(11)12(16)18-20/h4-6,8,11,20H,1-3H2,(H2,16,18)(H,17,19). The number of hydrogen-bond acceptors (Lipinski definition) is 3. The number of rotatable bonds is 3. The van der Waals surface area contributed by atoms with Crippen LogP contribution in [-0.2, 0) is 0 Å². The largest absolute Gasteiger partial charge is 0.409 e. The summed E-state index contributed by atoms with van der Waals surface area (Å²) in [5.41, 5.74) is 5.58. The molecule has 5 nitrogen and oxygen atoms in total. The number of nitrogens with two attached hydrogens (primary N) is 1. The molecule has 0 aliphatic heterocycles. The number of amides is 1. The van der Waals surface area contributed by atoms with Crippen molar-refractivity contribution in [2.45, 2.75) is 25.3 Å². The molecule has 2 rings (SSSR count). The second kappa shape index (κ2) is 6.21. The van der Waals surface area contributed by atoms with Gasteiger partial charge in [0.2, 0.25) is 0 Å². The molecule has 0 bridgehead atoms. The summed E-state index contributed by atoms with van der Waals surface area (Å²) in [6.45, 7) is 0. The van der Waals surface area contributed by atoms with Crippen molar-refractivity contribution in [2.75, 3.05) is 0 Å². The van der Waals surface area contributed by atoms with Gasteiger partial charge in [-0.05, 0) is 31.0 Å². The van der Waals surface area contributed by atoms with Crippen LogP contribution in [0, 0.1) is 11.7 Å². The van der Waals surface area contributed by atoms with E-state index in [0.29, 0.717) is 4.47 Å². The zero-order valence-electron chi connectivity index (χ0n) is 10.6. The highest BCUT2D eigenvalue weighted by molar-refractivity contribution is 9.10. The lowest BCUT2D eigenvalue weighted by molar-refractivity contribution is 0.0929. The monoisotopic (exact) mass is 343 g/mol. The van der Waals surface area contributed by atoms with Crippen LogP contribution in [-0.4, -0.2) is 23.0 Å². The Labute approximate surface area is 124 Å². The molecule has 0 spiro atoms. The molecule has 20 heavy (non-hydrogen) atoms. The average molecular weight is 344 g/mol. The van der Waals surface area contributed by atoms with Crippen molar-refractivity contribution >= 4 is 27.7 Å². The molecule has 1 amide bonds. The maximum atomic E-state index is 13.6. The molecule has 108 valence electrons. The fourth-order valence-electron chi connectivity index (χ4n) is 2.48. The maximum Gasteiger partial charge on any atom is 0.254 e. The van der Waals surface area contributed by atoms with E-state index in [-0.39, 0.29) is 23.4 Å². The predicted octanol–water partition coefficient (Wildman–Crippen LogP) is 2.23. The molecule has 1 saturated carbocycles. The van der Waals surface area contributed by atoms with Gasteiger partial charge in [-0.2, -0.15) is 0 Å². The summed E-state index contributed by atoms with van der Waals surface area (Å²) in [4.78, 5) is 12.1. The molecule has 1 aromatic carbocycles. The number of nitrogens with one attached hydrogen (secondary N) is 1. The topological polar surface area (TPSA) is 87.7 Å². The van der Waals surface area contributed by atoms with E-state index in [4.69, 9.17) is 10.9 Å². The van der Waals surface area contributed by atoms with Crippen LogP contribution in [0.1, 0.15) is 29.6 Å². The minimum atomic E-state index is -0.580. The molecule has 7 heteroatoms. The Morgan fingerprint density at radius 2 is 2.25 bits per heavy atom. The van der Waals surface area contributed by atoms with Crippen LogP contribution >= 0.6 is 15.9 Å². The third-order valence-electron chi connectivity index (χ3n) is 3.50. The smallest absolute Gasteiger partial charge is 0.254 e. The number of carbonyl (C=O) groups excluding carboxylic acids is 1. The molecule has 1 fully saturated rings. The highest BCUT2D eigenvalue weighted by Gasteiger charge is 2.32. The Kier molecular flexibility index (Phi) is 4.59. The van der Waals surface area contributed by atoms with Crippen molar-refractivity contribution in [1.82, 2.24) is 5.32 Å². The lowest BCUT2D eigenvalue weighted by atomic mass is 10.0. The molecule has 0 saturated heterocycles. The summed E-state index contributed by atoms with van der Waals surface area (Å²) in [5.74, 6) is -1.18. The molecule has 0 radical (unpaired) electrons. The van der Waals surface area contributed by atoms with Gasteiger partial charge >= 0.3 is 0 Å². The maximum absolute atomic E-state index is 13.6. The summed E-state index contributed by atoms with van der Waals surface area (Å²) < 4.78 is 14.3. The summed E-state index contributed by atoms with van der Waals surface area (Å²) >= 11 is 3.20. The number of amidine groups is 1. The lowest BCUT2D eigenvalue weighted by Crippen LogP contribution is -2.42. The molecule has 2 unspecified atom stereocenters. The zero-order chi connectivity index (χ0) is 14.7. The molecular weight excluding hydrogens is 329 g/mol. The summed E-state index contributed by atoms with van der Waals surface area (Å²) in [6.07, 6.45) is 2.33.